The number of anilines is 2. The molecule has 0 aromatic carbocycles. The van der Waals surface area contributed by atoms with Crippen molar-refractivity contribution in [1.29, 1.82) is 0 Å². The molecule has 0 unspecified atom stereocenters. The van der Waals surface area contributed by atoms with Crippen molar-refractivity contribution < 1.29 is 9.53 Å². The summed E-state index contributed by atoms with van der Waals surface area (Å²) in [5, 5.41) is 7.17. The third kappa shape index (κ3) is 2.43. The van der Waals surface area contributed by atoms with E-state index in [0.29, 0.717) is 24.9 Å². The predicted molar refractivity (Wildman–Crippen MR) is 82.8 cm³/mol. The number of nitrogens with zero attached hydrogens (tertiary/aromatic N) is 6. The van der Waals surface area contributed by atoms with Crippen LogP contribution < -0.4 is 19.9 Å². The van der Waals surface area contributed by atoms with Gasteiger partial charge in [0.1, 0.15) is 0 Å². The summed E-state index contributed by atoms with van der Waals surface area (Å²) in [5.41, 5.74) is 0.830. The summed E-state index contributed by atoms with van der Waals surface area (Å²) in [6, 6.07) is 1.91. The molecule has 2 aliphatic heterocycles. The number of nitrogens with one attached hydrogen (secondary N) is 1. The second-order valence-electron chi connectivity index (χ2n) is 5.52. The Hall–Kier alpha value is -2.84. The maximum atomic E-state index is 11.7. The molecule has 0 aliphatic carbocycles. The third-order valence-corrected chi connectivity index (χ3v) is 4.10. The van der Waals surface area contributed by atoms with Crippen molar-refractivity contribution in [3.8, 4) is 5.88 Å². The summed E-state index contributed by atoms with van der Waals surface area (Å²) < 4.78 is 7.02. The minimum Gasteiger partial charge on any atom is -0.481 e. The lowest BCUT2D eigenvalue weighted by Gasteiger charge is -2.39. The largest absolute Gasteiger partial charge is 0.481 e. The summed E-state index contributed by atoms with van der Waals surface area (Å²) in [6.07, 6.45) is 5.33. The Morgan fingerprint density at radius 1 is 1.39 bits per heavy atom. The van der Waals surface area contributed by atoms with Crippen LogP contribution in [0.1, 0.15) is 6.04 Å². The predicted octanol–water partition coefficient (Wildman–Crippen LogP) is 0.273. The van der Waals surface area contributed by atoms with Gasteiger partial charge in [0, 0.05) is 44.6 Å². The molecule has 4 rings (SSSR count). The first-order valence-electron chi connectivity index (χ1n) is 7.46. The first kappa shape index (κ1) is 13.8. The van der Waals surface area contributed by atoms with E-state index in [1.54, 1.807) is 30.5 Å². The molecule has 0 saturated carbocycles. The van der Waals surface area contributed by atoms with Crippen molar-refractivity contribution in [2.24, 2.45) is 0 Å². The summed E-state index contributed by atoms with van der Waals surface area (Å²) in [7, 11) is 1.59. The first-order valence-corrected chi connectivity index (χ1v) is 7.46. The highest BCUT2D eigenvalue weighted by Gasteiger charge is 2.32. The number of hydrogen-bond acceptors (Lipinski definition) is 6. The lowest BCUT2D eigenvalue weighted by molar-refractivity contribution is 0.252. The fraction of sp³-hybridized carbons (Fsp3) is 0.429. The molecular weight excluding hydrogens is 298 g/mol. The Balaban J connectivity index is 1.42. The summed E-state index contributed by atoms with van der Waals surface area (Å²) in [5.74, 6) is 1.21. The van der Waals surface area contributed by atoms with Crippen molar-refractivity contribution in [3.63, 3.8) is 0 Å². The van der Waals surface area contributed by atoms with Gasteiger partial charge in [0.05, 0.1) is 25.0 Å². The SMILES string of the molecule is COc1ccnc(N2CC(n3cc(N4CCNC4=O)cn3)C2)n1. The van der Waals surface area contributed by atoms with Crippen molar-refractivity contribution in [2.75, 3.05) is 43.1 Å². The summed E-state index contributed by atoms with van der Waals surface area (Å²) >= 11 is 0. The molecule has 2 fully saturated rings. The Kier molecular flexibility index (Phi) is 3.25. The minimum absolute atomic E-state index is 0.0652. The Morgan fingerprint density at radius 2 is 2.26 bits per heavy atom. The molecule has 2 aromatic rings. The van der Waals surface area contributed by atoms with E-state index in [4.69, 9.17) is 4.74 Å². The van der Waals surface area contributed by atoms with Crippen LogP contribution in [0.4, 0.5) is 16.4 Å². The molecule has 0 atom stereocenters. The normalized spacial score (nSPS) is 18.0. The molecule has 0 bridgehead atoms. The third-order valence-electron chi connectivity index (χ3n) is 4.10. The molecule has 9 nitrogen and oxygen atoms in total. The van der Waals surface area contributed by atoms with E-state index in [1.807, 2.05) is 10.9 Å². The number of carbonyl (C=O) groups excluding carboxylic acids is 1. The number of rotatable bonds is 4. The van der Waals surface area contributed by atoms with Crippen LogP contribution in [0.25, 0.3) is 0 Å². The number of amides is 2. The van der Waals surface area contributed by atoms with Crippen LogP contribution in [-0.4, -0.2) is 59.1 Å². The lowest BCUT2D eigenvalue weighted by atomic mass is 10.1. The number of ether oxygens (including phenoxy) is 1. The van der Waals surface area contributed by atoms with E-state index in [1.165, 1.54) is 0 Å². The van der Waals surface area contributed by atoms with Gasteiger partial charge >= 0.3 is 6.03 Å². The van der Waals surface area contributed by atoms with Gasteiger partial charge in [0.2, 0.25) is 11.8 Å². The molecule has 2 saturated heterocycles. The van der Waals surface area contributed by atoms with E-state index >= 15 is 0 Å². The highest BCUT2D eigenvalue weighted by atomic mass is 16.5. The monoisotopic (exact) mass is 315 g/mol. The molecule has 0 radical (unpaired) electrons. The Labute approximate surface area is 132 Å². The fourth-order valence-electron chi connectivity index (χ4n) is 2.77. The quantitative estimate of drug-likeness (QED) is 0.871. The minimum atomic E-state index is -0.0652. The van der Waals surface area contributed by atoms with Gasteiger partial charge < -0.3 is 15.0 Å². The molecule has 1 N–H and O–H groups in total. The van der Waals surface area contributed by atoms with Gasteiger partial charge in [-0.05, 0) is 0 Å². The highest BCUT2D eigenvalue weighted by Crippen LogP contribution is 2.27. The van der Waals surface area contributed by atoms with Crippen molar-refractivity contribution in [3.05, 3.63) is 24.7 Å². The van der Waals surface area contributed by atoms with Gasteiger partial charge in [-0.2, -0.15) is 10.1 Å². The van der Waals surface area contributed by atoms with Crippen LogP contribution >= 0.6 is 0 Å². The molecule has 9 heteroatoms. The van der Waals surface area contributed by atoms with E-state index in [-0.39, 0.29) is 12.1 Å². The average Bonchev–Trinajstić information content (AvgIpc) is 3.15. The highest BCUT2D eigenvalue weighted by molar-refractivity contribution is 5.93. The van der Waals surface area contributed by atoms with Gasteiger partial charge in [-0.1, -0.05) is 0 Å². The van der Waals surface area contributed by atoms with Gasteiger partial charge in [-0.3, -0.25) is 9.58 Å². The lowest BCUT2D eigenvalue weighted by Crippen LogP contribution is -2.48. The van der Waals surface area contributed by atoms with Crippen LogP contribution in [0.2, 0.25) is 0 Å². The van der Waals surface area contributed by atoms with Crippen molar-refractivity contribution in [1.82, 2.24) is 25.1 Å². The van der Waals surface area contributed by atoms with Crippen LogP contribution in [0, 0.1) is 0 Å². The second kappa shape index (κ2) is 5.41. The molecular formula is C14H17N7O2. The van der Waals surface area contributed by atoms with Crippen LogP contribution in [0.3, 0.4) is 0 Å². The summed E-state index contributed by atoms with van der Waals surface area (Å²) in [6.45, 7) is 2.91. The van der Waals surface area contributed by atoms with Gasteiger partial charge in [0.25, 0.3) is 0 Å². The standard InChI is InChI=1S/C14H17N7O2/c1-23-12-2-3-15-13(18-12)19-7-11(8-19)21-9-10(6-17-21)20-5-4-16-14(20)22/h2-3,6,9,11H,4-5,7-8H2,1H3,(H,16,22). The topological polar surface area (TPSA) is 88.4 Å². The number of urea groups is 1. The zero-order chi connectivity index (χ0) is 15.8. The van der Waals surface area contributed by atoms with Gasteiger partial charge in [-0.15, -0.1) is 0 Å². The number of methoxy groups -OCH3 is 1. The Bertz CT molecular complexity index is 725. The van der Waals surface area contributed by atoms with E-state index in [0.717, 1.165) is 18.8 Å². The smallest absolute Gasteiger partial charge is 0.322 e. The zero-order valence-corrected chi connectivity index (χ0v) is 12.7. The molecule has 4 heterocycles. The first-order chi connectivity index (χ1) is 11.2. The maximum absolute atomic E-state index is 11.7. The Morgan fingerprint density at radius 3 is 3.00 bits per heavy atom. The number of carbonyl (C=O) groups is 1. The van der Waals surface area contributed by atoms with Crippen LogP contribution in [0.15, 0.2) is 24.7 Å². The van der Waals surface area contributed by atoms with E-state index in [2.05, 4.69) is 25.3 Å². The van der Waals surface area contributed by atoms with Crippen molar-refractivity contribution in [2.45, 2.75) is 6.04 Å². The van der Waals surface area contributed by atoms with Crippen LogP contribution in [-0.2, 0) is 0 Å². The van der Waals surface area contributed by atoms with Gasteiger partial charge in [-0.25, -0.2) is 9.78 Å². The second-order valence-corrected chi connectivity index (χ2v) is 5.52. The zero-order valence-electron chi connectivity index (χ0n) is 12.7. The fourth-order valence-corrected chi connectivity index (χ4v) is 2.77. The molecule has 23 heavy (non-hydrogen) atoms. The maximum Gasteiger partial charge on any atom is 0.322 e. The van der Waals surface area contributed by atoms with Crippen molar-refractivity contribution >= 4 is 17.7 Å². The summed E-state index contributed by atoms with van der Waals surface area (Å²) in [4.78, 5) is 24.0. The van der Waals surface area contributed by atoms with E-state index in [9.17, 15) is 4.79 Å². The molecule has 2 aliphatic rings. The molecule has 2 amide bonds. The number of aromatic nitrogens is 4. The number of hydrogen-bond donors (Lipinski definition) is 1. The van der Waals surface area contributed by atoms with Crippen LogP contribution in [0.5, 0.6) is 5.88 Å². The molecule has 2 aromatic heterocycles. The van der Waals surface area contributed by atoms with Gasteiger partial charge in [0.15, 0.2) is 0 Å². The molecule has 0 spiro atoms. The average molecular weight is 315 g/mol. The van der Waals surface area contributed by atoms with E-state index < -0.39 is 0 Å². The molecule has 120 valence electrons.